The predicted molar refractivity (Wildman–Crippen MR) is 123 cm³/mol. The second kappa shape index (κ2) is 10.5. The van der Waals surface area contributed by atoms with Gasteiger partial charge in [0.25, 0.3) is 0 Å². The summed E-state index contributed by atoms with van der Waals surface area (Å²) in [6.45, 7) is 2.48. The Balaban J connectivity index is 1.92. The zero-order chi connectivity index (χ0) is 23.4. The van der Waals surface area contributed by atoms with Gasteiger partial charge in [-0.25, -0.2) is 16.8 Å². The fourth-order valence-corrected chi connectivity index (χ4v) is 5.59. The minimum absolute atomic E-state index is 0.0877. The molecule has 180 valence electrons. The van der Waals surface area contributed by atoms with E-state index in [2.05, 4.69) is 10.2 Å². The summed E-state index contributed by atoms with van der Waals surface area (Å²) in [6.07, 6.45) is 5.30. The van der Waals surface area contributed by atoms with Gasteiger partial charge in [-0.1, -0.05) is 12.8 Å². The van der Waals surface area contributed by atoms with E-state index in [9.17, 15) is 21.6 Å². The molecule has 1 amide bonds. The maximum Gasteiger partial charge on any atom is 0.243 e. The molecule has 2 aliphatic heterocycles. The van der Waals surface area contributed by atoms with Crippen molar-refractivity contribution in [3.05, 3.63) is 18.2 Å². The Bertz CT molecular complexity index is 1010. The molecule has 0 unspecified atom stereocenters. The van der Waals surface area contributed by atoms with Crippen LogP contribution in [-0.4, -0.2) is 90.6 Å². The molecular formula is C20H32N4O6S2. The molecule has 0 bridgehead atoms. The molecule has 0 aromatic heterocycles. The van der Waals surface area contributed by atoms with Crippen molar-refractivity contribution in [3.63, 3.8) is 0 Å². The van der Waals surface area contributed by atoms with Gasteiger partial charge in [-0.3, -0.25) is 4.79 Å². The first-order chi connectivity index (χ1) is 15.1. The van der Waals surface area contributed by atoms with Gasteiger partial charge in [-0.15, -0.1) is 0 Å². The van der Waals surface area contributed by atoms with Crippen LogP contribution in [0, 0.1) is 0 Å². The van der Waals surface area contributed by atoms with Crippen molar-refractivity contribution < 1.29 is 26.4 Å². The molecule has 1 aromatic carbocycles. The third-order valence-electron chi connectivity index (χ3n) is 5.73. The zero-order valence-corrected chi connectivity index (χ0v) is 20.3. The van der Waals surface area contributed by atoms with Crippen molar-refractivity contribution in [1.29, 1.82) is 0 Å². The molecule has 3 rings (SSSR count). The lowest BCUT2D eigenvalue weighted by Crippen LogP contribution is -2.40. The molecule has 0 radical (unpaired) electrons. The predicted octanol–water partition coefficient (Wildman–Crippen LogP) is 0.918. The maximum atomic E-state index is 13.1. The normalized spacial score (nSPS) is 19.0. The number of ether oxygens (including phenoxy) is 1. The van der Waals surface area contributed by atoms with Gasteiger partial charge >= 0.3 is 0 Å². The highest BCUT2D eigenvalue weighted by molar-refractivity contribution is 7.89. The number of amides is 1. The summed E-state index contributed by atoms with van der Waals surface area (Å²) in [4.78, 5) is 14.9. The number of sulfonamides is 2. The number of carbonyl (C=O) groups is 1. The number of likely N-dealkylation sites (N-methyl/N-ethyl adjacent to an activating group) is 1. The highest BCUT2D eigenvalue weighted by Gasteiger charge is 2.28. The van der Waals surface area contributed by atoms with Crippen molar-refractivity contribution >= 4 is 37.3 Å². The van der Waals surface area contributed by atoms with E-state index in [-0.39, 0.29) is 24.5 Å². The minimum Gasteiger partial charge on any atom is -0.379 e. The van der Waals surface area contributed by atoms with Crippen LogP contribution in [-0.2, 0) is 29.6 Å². The number of nitrogens with one attached hydrogen (secondary N) is 1. The molecule has 2 fully saturated rings. The number of rotatable bonds is 7. The molecule has 0 saturated carbocycles. The number of benzene rings is 1. The van der Waals surface area contributed by atoms with E-state index in [0.29, 0.717) is 18.9 Å². The summed E-state index contributed by atoms with van der Waals surface area (Å²) in [7, 11) is -5.94. The standard InChI is InChI=1S/C20H32N4O6S2/c1-22(31(2,26)27)16-20(25)21-18-15-17(32(28,29)24-11-13-30-14-12-24)7-8-19(18)23-9-5-3-4-6-10-23/h7-8,15H,3-6,9-14,16H2,1-2H3,(H,21,25). The van der Waals surface area contributed by atoms with E-state index in [4.69, 9.17) is 4.74 Å². The summed E-state index contributed by atoms with van der Waals surface area (Å²) < 4.78 is 57.2. The van der Waals surface area contributed by atoms with Crippen LogP contribution in [0.25, 0.3) is 0 Å². The lowest BCUT2D eigenvalue weighted by molar-refractivity contribution is -0.116. The van der Waals surface area contributed by atoms with E-state index in [1.165, 1.54) is 17.4 Å². The Kier molecular flexibility index (Phi) is 8.15. The molecule has 1 aromatic rings. The summed E-state index contributed by atoms with van der Waals surface area (Å²) in [6, 6.07) is 4.78. The van der Waals surface area contributed by atoms with Gasteiger partial charge in [-0.05, 0) is 31.0 Å². The quantitative estimate of drug-likeness (QED) is 0.607. The van der Waals surface area contributed by atoms with Gasteiger partial charge < -0.3 is 15.0 Å². The number of anilines is 2. The number of carbonyl (C=O) groups excluding carboxylic acids is 1. The molecule has 12 heteroatoms. The second-order valence-corrected chi connectivity index (χ2v) is 12.2. The van der Waals surface area contributed by atoms with Crippen LogP contribution in [0.15, 0.2) is 23.1 Å². The first kappa shape index (κ1) is 24.9. The van der Waals surface area contributed by atoms with Gasteiger partial charge in [0.2, 0.25) is 26.0 Å². The van der Waals surface area contributed by atoms with Gasteiger partial charge in [0.05, 0.1) is 42.3 Å². The average molecular weight is 489 g/mol. The summed E-state index contributed by atoms with van der Waals surface area (Å²) in [5.41, 5.74) is 1.11. The third kappa shape index (κ3) is 6.19. The average Bonchev–Trinajstić information content (AvgIpc) is 3.03. The van der Waals surface area contributed by atoms with Gasteiger partial charge in [0.15, 0.2) is 0 Å². The maximum absolute atomic E-state index is 13.1. The van der Waals surface area contributed by atoms with Crippen molar-refractivity contribution in [2.75, 3.05) is 69.5 Å². The Morgan fingerprint density at radius 3 is 2.25 bits per heavy atom. The minimum atomic E-state index is -3.74. The number of nitrogens with zero attached hydrogens (tertiary/aromatic N) is 3. The van der Waals surface area contributed by atoms with Crippen molar-refractivity contribution in [1.82, 2.24) is 8.61 Å². The number of hydrogen-bond donors (Lipinski definition) is 1. The van der Waals surface area contributed by atoms with E-state index < -0.39 is 26.0 Å². The van der Waals surface area contributed by atoms with E-state index in [1.807, 2.05) is 0 Å². The first-order valence-corrected chi connectivity index (χ1v) is 14.1. The third-order valence-corrected chi connectivity index (χ3v) is 8.89. The van der Waals surface area contributed by atoms with E-state index in [0.717, 1.165) is 55.0 Å². The number of hydrogen-bond acceptors (Lipinski definition) is 7. The molecule has 1 N–H and O–H groups in total. The van der Waals surface area contributed by atoms with Crippen LogP contribution in [0.2, 0.25) is 0 Å². The molecular weight excluding hydrogens is 456 g/mol. The molecule has 10 nitrogen and oxygen atoms in total. The van der Waals surface area contributed by atoms with E-state index in [1.54, 1.807) is 12.1 Å². The van der Waals surface area contributed by atoms with Gasteiger partial charge in [0.1, 0.15) is 0 Å². The highest BCUT2D eigenvalue weighted by Crippen LogP contribution is 2.32. The molecule has 0 spiro atoms. The number of morpholine rings is 1. The van der Waals surface area contributed by atoms with Crippen LogP contribution in [0.4, 0.5) is 11.4 Å². The summed E-state index contributed by atoms with van der Waals surface area (Å²) >= 11 is 0. The molecule has 2 aliphatic rings. The van der Waals surface area contributed by atoms with Crippen molar-refractivity contribution in [2.24, 2.45) is 0 Å². The highest BCUT2D eigenvalue weighted by atomic mass is 32.2. The van der Waals surface area contributed by atoms with E-state index >= 15 is 0 Å². The summed E-state index contributed by atoms with van der Waals surface area (Å²) in [5, 5.41) is 2.75. The Hall–Kier alpha value is -1.73. The SMILES string of the molecule is CN(CC(=O)Nc1cc(S(=O)(=O)N2CCOCC2)ccc1N1CCCCCC1)S(C)(=O)=O. The topological polar surface area (TPSA) is 116 Å². The van der Waals surface area contributed by atoms with Crippen LogP contribution >= 0.6 is 0 Å². The zero-order valence-electron chi connectivity index (χ0n) is 18.6. The monoisotopic (exact) mass is 488 g/mol. The van der Waals surface area contributed by atoms with Gasteiger partial charge in [0, 0.05) is 33.2 Å². The Morgan fingerprint density at radius 2 is 1.66 bits per heavy atom. The van der Waals surface area contributed by atoms with Crippen molar-refractivity contribution in [2.45, 2.75) is 30.6 Å². The second-order valence-electron chi connectivity index (χ2n) is 8.16. The van der Waals surface area contributed by atoms with Crippen molar-refractivity contribution in [3.8, 4) is 0 Å². The largest absolute Gasteiger partial charge is 0.379 e. The smallest absolute Gasteiger partial charge is 0.243 e. The molecule has 0 atom stereocenters. The Labute approximate surface area is 190 Å². The van der Waals surface area contributed by atoms with Crippen LogP contribution in [0.1, 0.15) is 25.7 Å². The van der Waals surface area contributed by atoms with Crippen LogP contribution < -0.4 is 10.2 Å². The lowest BCUT2D eigenvalue weighted by atomic mass is 10.2. The molecule has 2 heterocycles. The van der Waals surface area contributed by atoms with Crippen LogP contribution in [0.5, 0.6) is 0 Å². The molecule has 2 saturated heterocycles. The fraction of sp³-hybridized carbons (Fsp3) is 0.650. The lowest BCUT2D eigenvalue weighted by Gasteiger charge is -2.28. The summed E-state index contributed by atoms with van der Waals surface area (Å²) in [5.74, 6) is -0.532. The van der Waals surface area contributed by atoms with Crippen LogP contribution in [0.3, 0.4) is 0 Å². The Morgan fingerprint density at radius 1 is 1.03 bits per heavy atom. The van der Waals surface area contributed by atoms with Gasteiger partial charge in [-0.2, -0.15) is 8.61 Å². The molecule has 0 aliphatic carbocycles. The first-order valence-electron chi connectivity index (χ1n) is 10.8. The molecule has 32 heavy (non-hydrogen) atoms. The fourth-order valence-electron chi connectivity index (χ4n) is 3.81.